The Hall–Kier alpha value is -0.760. The molecule has 2 nitrogen and oxygen atoms in total. The smallest absolute Gasteiger partial charge is 0.0960 e. The summed E-state index contributed by atoms with van der Waals surface area (Å²) in [6, 6.07) is 1.88. The van der Waals surface area contributed by atoms with Crippen LogP contribution in [0.15, 0.2) is 23.0 Å². The topological polar surface area (TPSA) is 33.4 Å². The lowest BCUT2D eigenvalue weighted by Gasteiger charge is -2.45. The van der Waals surface area contributed by atoms with Crippen LogP contribution in [0, 0.1) is 17.3 Å². The minimum Gasteiger partial charge on any atom is -0.472 e. The first kappa shape index (κ1) is 11.7. The van der Waals surface area contributed by atoms with E-state index >= 15 is 0 Å². The first-order valence-corrected chi connectivity index (χ1v) is 6.22. The molecule has 0 aliphatic heterocycles. The fourth-order valence-electron chi connectivity index (χ4n) is 3.39. The third-order valence-electron chi connectivity index (χ3n) is 4.22. The molecular formula is C14H22O2. The number of hydrogen-bond acceptors (Lipinski definition) is 2. The monoisotopic (exact) mass is 222 g/mol. The Morgan fingerprint density at radius 2 is 2.25 bits per heavy atom. The van der Waals surface area contributed by atoms with E-state index < -0.39 is 0 Å². The van der Waals surface area contributed by atoms with Gasteiger partial charge in [0.15, 0.2) is 0 Å². The van der Waals surface area contributed by atoms with E-state index in [1.54, 1.807) is 12.5 Å². The quantitative estimate of drug-likeness (QED) is 0.826. The second-order valence-electron chi connectivity index (χ2n) is 5.89. The highest BCUT2D eigenvalue weighted by molar-refractivity contribution is 5.12. The van der Waals surface area contributed by atoms with Gasteiger partial charge < -0.3 is 9.52 Å². The third kappa shape index (κ3) is 2.03. The molecule has 1 unspecified atom stereocenters. The zero-order valence-electron chi connectivity index (χ0n) is 10.4. The molecule has 1 N–H and O–H groups in total. The van der Waals surface area contributed by atoms with Crippen LogP contribution in [0.2, 0.25) is 0 Å². The highest BCUT2D eigenvalue weighted by Gasteiger charge is 2.41. The number of aliphatic hydroxyl groups is 1. The summed E-state index contributed by atoms with van der Waals surface area (Å²) in [6.07, 6.45) is 6.63. The lowest BCUT2D eigenvalue weighted by Crippen LogP contribution is -2.37. The molecule has 1 aromatic rings. The summed E-state index contributed by atoms with van der Waals surface area (Å²) < 4.78 is 5.07. The largest absolute Gasteiger partial charge is 0.472 e. The molecule has 1 heterocycles. The van der Waals surface area contributed by atoms with Gasteiger partial charge in [0.2, 0.25) is 0 Å². The average Bonchev–Trinajstić information content (AvgIpc) is 2.68. The van der Waals surface area contributed by atoms with E-state index in [9.17, 15) is 5.11 Å². The van der Waals surface area contributed by atoms with E-state index in [4.69, 9.17) is 4.42 Å². The van der Waals surface area contributed by atoms with Gasteiger partial charge in [0.25, 0.3) is 0 Å². The van der Waals surface area contributed by atoms with Gasteiger partial charge in [-0.05, 0) is 29.7 Å². The SMILES string of the molecule is CC1CCCC(C)(C)[C@H]1[C@H](O)c1ccoc1. The molecule has 90 valence electrons. The van der Waals surface area contributed by atoms with E-state index in [0.29, 0.717) is 11.8 Å². The van der Waals surface area contributed by atoms with Crippen LogP contribution in [0.3, 0.4) is 0 Å². The summed E-state index contributed by atoms with van der Waals surface area (Å²) in [5.41, 5.74) is 1.14. The summed E-state index contributed by atoms with van der Waals surface area (Å²) in [6.45, 7) is 6.81. The molecule has 1 fully saturated rings. The van der Waals surface area contributed by atoms with E-state index in [1.165, 1.54) is 19.3 Å². The van der Waals surface area contributed by atoms with Gasteiger partial charge >= 0.3 is 0 Å². The van der Waals surface area contributed by atoms with Crippen LogP contribution in [-0.2, 0) is 0 Å². The highest BCUT2D eigenvalue weighted by atomic mass is 16.3. The second kappa shape index (κ2) is 4.25. The van der Waals surface area contributed by atoms with Crippen LogP contribution in [-0.4, -0.2) is 5.11 Å². The fraction of sp³-hybridized carbons (Fsp3) is 0.714. The van der Waals surface area contributed by atoms with Gasteiger partial charge in [-0.25, -0.2) is 0 Å². The number of aliphatic hydroxyl groups excluding tert-OH is 1. The molecule has 1 aliphatic rings. The van der Waals surface area contributed by atoms with Crippen LogP contribution >= 0.6 is 0 Å². The molecule has 0 spiro atoms. The third-order valence-corrected chi connectivity index (χ3v) is 4.22. The second-order valence-corrected chi connectivity index (χ2v) is 5.89. The predicted molar refractivity (Wildman–Crippen MR) is 64.0 cm³/mol. The minimum atomic E-state index is -0.385. The summed E-state index contributed by atoms with van der Waals surface area (Å²) in [5, 5.41) is 10.5. The standard InChI is InChI=1S/C14H22O2/c1-10-5-4-7-14(2,3)12(10)13(15)11-6-8-16-9-11/h6,8-10,12-13,15H,4-5,7H2,1-3H3/t10?,12-,13-/m1/s1. The molecule has 0 saturated heterocycles. The summed E-state index contributed by atoms with van der Waals surface area (Å²) in [7, 11) is 0. The predicted octanol–water partition coefficient (Wildman–Crippen LogP) is 3.78. The Kier molecular flexibility index (Phi) is 3.11. The summed E-state index contributed by atoms with van der Waals surface area (Å²) >= 11 is 0. The lowest BCUT2D eigenvalue weighted by atomic mass is 9.61. The molecule has 3 atom stereocenters. The fourth-order valence-corrected chi connectivity index (χ4v) is 3.39. The molecule has 16 heavy (non-hydrogen) atoms. The van der Waals surface area contributed by atoms with E-state index in [0.717, 1.165) is 5.56 Å². The van der Waals surface area contributed by atoms with E-state index in [2.05, 4.69) is 20.8 Å². The molecule has 1 aliphatic carbocycles. The van der Waals surface area contributed by atoms with Gasteiger partial charge in [0.05, 0.1) is 18.6 Å². The molecule has 2 rings (SSSR count). The molecule has 0 radical (unpaired) electrons. The van der Waals surface area contributed by atoms with Crippen LogP contribution in [0.4, 0.5) is 0 Å². The lowest BCUT2D eigenvalue weighted by molar-refractivity contribution is -0.0295. The Bertz CT molecular complexity index is 327. The maximum atomic E-state index is 10.5. The average molecular weight is 222 g/mol. The van der Waals surface area contributed by atoms with Gasteiger partial charge in [-0.1, -0.05) is 33.6 Å². The minimum absolute atomic E-state index is 0.217. The molecule has 0 aromatic carbocycles. The maximum Gasteiger partial charge on any atom is 0.0960 e. The van der Waals surface area contributed by atoms with Crippen LogP contribution < -0.4 is 0 Å². The van der Waals surface area contributed by atoms with Gasteiger partial charge in [-0.3, -0.25) is 0 Å². The van der Waals surface area contributed by atoms with Crippen LogP contribution in [0.1, 0.15) is 51.7 Å². The number of rotatable bonds is 2. The number of furan rings is 1. The number of hydrogen-bond donors (Lipinski definition) is 1. The van der Waals surface area contributed by atoms with Crippen molar-refractivity contribution in [2.24, 2.45) is 17.3 Å². The van der Waals surface area contributed by atoms with Crippen molar-refractivity contribution in [3.8, 4) is 0 Å². The molecule has 0 bridgehead atoms. The Balaban J connectivity index is 2.23. The first-order chi connectivity index (χ1) is 7.52. The maximum absolute atomic E-state index is 10.5. The van der Waals surface area contributed by atoms with Crippen molar-refractivity contribution < 1.29 is 9.52 Å². The van der Waals surface area contributed by atoms with Crippen LogP contribution in [0.5, 0.6) is 0 Å². The van der Waals surface area contributed by atoms with Crippen molar-refractivity contribution in [1.29, 1.82) is 0 Å². The van der Waals surface area contributed by atoms with Crippen LogP contribution in [0.25, 0.3) is 0 Å². The molecule has 2 heteroatoms. The zero-order chi connectivity index (χ0) is 11.8. The highest BCUT2D eigenvalue weighted by Crippen LogP contribution is 2.49. The Morgan fingerprint density at radius 3 is 2.81 bits per heavy atom. The van der Waals surface area contributed by atoms with Gasteiger partial charge in [0.1, 0.15) is 0 Å². The van der Waals surface area contributed by atoms with Crippen molar-refractivity contribution >= 4 is 0 Å². The molecule has 1 aromatic heterocycles. The van der Waals surface area contributed by atoms with Crippen molar-refractivity contribution in [3.05, 3.63) is 24.2 Å². The van der Waals surface area contributed by atoms with Gasteiger partial charge in [0, 0.05) is 5.56 Å². The van der Waals surface area contributed by atoms with Crippen molar-refractivity contribution in [2.75, 3.05) is 0 Å². The summed E-state index contributed by atoms with van der Waals surface area (Å²) in [4.78, 5) is 0. The van der Waals surface area contributed by atoms with Crippen molar-refractivity contribution in [2.45, 2.75) is 46.1 Å². The van der Waals surface area contributed by atoms with E-state index in [1.807, 2.05) is 6.07 Å². The first-order valence-electron chi connectivity index (χ1n) is 6.22. The van der Waals surface area contributed by atoms with Gasteiger partial charge in [-0.2, -0.15) is 0 Å². The molecular weight excluding hydrogens is 200 g/mol. The van der Waals surface area contributed by atoms with Gasteiger partial charge in [-0.15, -0.1) is 0 Å². The van der Waals surface area contributed by atoms with Crippen molar-refractivity contribution in [1.82, 2.24) is 0 Å². The molecule has 1 saturated carbocycles. The Labute approximate surface area is 97.7 Å². The Morgan fingerprint density at radius 1 is 1.50 bits per heavy atom. The van der Waals surface area contributed by atoms with Crippen molar-refractivity contribution in [3.63, 3.8) is 0 Å². The molecule has 0 amide bonds. The summed E-state index contributed by atoms with van der Waals surface area (Å²) in [5.74, 6) is 0.910. The zero-order valence-corrected chi connectivity index (χ0v) is 10.4. The van der Waals surface area contributed by atoms with E-state index in [-0.39, 0.29) is 11.5 Å². The normalized spacial score (nSPS) is 31.2.